The lowest BCUT2D eigenvalue weighted by molar-refractivity contribution is 0.596. The summed E-state index contributed by atoms with van der Waals surface area (Å²) in [7, 11) is -3.77. The molecule has 3 N–H and O–H groups in total. The van der Waals surface area contributed by atoms with Crippen molar-refractivity contribution in [2.24, 2.45) is 5.14 Å². The average Bonchev–Trinajstić information content (AvgIpc) is 3.44. The van der Waals surface area contributed by atoms with Crippen LogP contribution in [0.4, 0.5) is 16.0 Å². The maximum Gasteiger partial charge on any atom is 0.238 e. The molecule has 3 aromatic rings. The van der Waals surface area contributed by atoms with Crippen molar-refractivity contribution in [3.8, 4) is 0 Å². The Hall–Kier alpha value is -2.84. The van der Waals surface area contributed by atoms with Crippen LogP contribution in [0.3, 0.4) is 0 Å². The fourth-order valence-electron chi connectivity index (χ4n) is 3.21. The molecule has 1 saturated carbocycles. The second kappa shape index (κ2) is 6.71. The van der Waals surface area contributed by atoms with Crippen LogP contribution in [0, 0.1) is 5.82 Å². The molecular formula is C19H17FN4O2S. The Bertz CT molecular complexity index is 1090. The van der Waals surface area contributed by atoms with Crippen molar-refractivity contribution >= 4 is 21.7 Å². The number of nitrogens with one attached hydrogen (secondary N) is 1. The molecule has 0 bridgehead atoms. The standard InChI is InChI=1S/C19H17FN4O2S/c20-12-5-7-13(8-6-12)23-19-22-10-9-17(24-19)16-11-15(16)14-3-1-2-4-18(14)27(21,25)26/h1-10,15-16H,11H2,(H2,21,25,26)(H,22,23,24). The highest BCUT2D eigenvalue weighted by atomic mass is 32.2. The van der Waals surface area contributed by atoms with Gasteiger partial charge in [-0.05, 0) is 54.3 Å². The summed E-state index contributed by atoms with van der Waals surface area (Å²) in [5.74, 6) is 0.242. The Balaban J connectivity index is 1.56. The molecule has 8 heteroatoms. The van der Waals surface area contributed by atoms with Crippen LogP contribution in [0.1, 0.15) is 29.5 Å². The SMILES string of the molecule is NS(=O)(=O)c1ccccc1C1CC1c1ccnc(Nc2ccc(F)cc2)n1. The minimum absolute atomic E-state index is 0.0492. The van der Waals surface area contributed by atoms with Gasteiger partial charge < -0.3 is 5.32 Å². The van der Waals surface area contributed by atoms with Gasteiger partial charge in [0.2, 0.25) is 16.0 Å². The largest absolute Gasteiger partial charge is 0.324 e. The van der Waals surface area contributed by atoms with Gasteiger partial charge in [0.25, 0.3) is 0 Å². The highest BCUT2D eigenvalue weighted by Crippen LogP contribution is 2.55. The number of anilines is 2. The van der Waals surface area contributed by atoms with Gasteiger partial charge in [0, 0.05) is 23.5 Å². The molecule has 0 radical (unpaired) electrons. The van der Waals surface area contributed by atoms with Crippen LogP contribution in [-0.4, -0.2) is 18.4 Å². The first-order valence-electron chi connectivity index (χ1n) is 8.39. The normalized spacial score (nSPS) is 18.9. The van der Waals surface area contributed by atoms with Gasteiger partial charge in [-0.2, -0.15) is 0 Å². The first-order valence-corrected chi connectivity index (χ1v) is 9.94. The van der Waals surface area contributed by atoms with Gasteiger partial charge in [-0.25, -0.2) is 27.9 Å². The van der Waals surface area contributed by atoms with Crippen LogP contribution in [0.5, 0.6) is 0 Å². The molecule has 0 aliphatic heterocycles. The van der Waals surface area contributed by atoms with E-state index >= 15 is 0 Å². The monoisotopic (exact) mass is 384 g/mol. The second-order valence-electron chi connectivity index (χ2n) is 6.47. The van der Waals surface area contributed by atoms with Gasteiger partial charge in [0.1, 0.15) is 5.82 Å². The zero-order valence-electron chi connectivity index (χ0n) is 14.2. The maximum atomic E-state index is 13.0. The molecule has 0 spiro atoms. The molecule has 138 valence electrons. The van der Waals surface area contributed by atoms with Crippen LogP contribution >= 0.6 is 0 Å². The molecule has 27 heavy (non-hydrogen) atoms. The van der Waals surface area contributed by atoms with Crippen molar-refractivity contribution in [2.45, 2.75) is 23.2 Å². The number of benzene rings is 2. The van der Waals surface area contributed by atoms with Crippen molar-refractivity contribution in [1.29, 1.82) is 0 Å². The van der Waals surface area contributed by atoms with E-state index in [4.69, 9.17) is 5.14 Å². The van der Waals surface area contributed by atoms with E-state index < -0.39 is 10.0 Å². The van der Waals surface area contributed by atoms with Crippen molar-refractivity contribution in [3.63, 3.8) is 0 Å². The second-order valence-corrected chi connectivity index (χ2v) is 8.00. The first kappa shape index (κ1) is 17.6. The van der Waals surface area contributed by atoms with E-state index in [2.05, 4.69) is 15.3 Å². The third-order valence-corrected chi connectivity index (χ3v) is 5.56. The van der Waals surface area contributed by atoms with Gasteiger partial charge in [-0.3, -0.25) is 0 Å². The van der Waals surface area contributed by atoms with Crippen molar-refractivity contribution < 1.29 is 12.8 Å². The summed E-state index contributed by atoms with van der Waals surface area (Å²) in [5.41, 5.74) is 2.22. The van der Waals surface area contributed by atoms with Crippen LogP contribution in [0.2, 0.25) is 0 Å². The van der Waals surface area contributed by atoms with Crippen molar-refractivity contribution in [1.82, 2.24) is 9.97 Å². The number of hydrogen-bond donors (Lipinski definition) is 2. The maximum absolute atomic E-state index is 13.0. The highest BCUT2D eigenvalue weighted by molar-refractivity contribution is 7.89. The lowest BCUT2D eigenvalue weighted by atomic mass is 10.1. The van der Waals surface area contributed by atoms with E-state index in [9.17, 15) is 12.8 Å². The van der Waals surface area contributed by atoms with E-state index in [0.717, 1.165) is 17.7 Å². The van der Waals surface area contributed by atoms with Crippen LogP contribution in [-0.2, 0) is 10.0 Å². The Kier molecular flexibility index (Phi) is 4.37. The molecule has 2 aromatic carbocycles. The first-order chi connectivity index (χ1) is 12.9. The quantitative estimate of drug-likeness (QED) is 0.703. The third kappa shape index (κ3) is 3.81. The molecule has 0 amide bonds. The summed E-state index contributed by atoms with van der Waals surface area (Å²) in [6.07, 6.45) is 2.44. The van der Waals surface area contributed by atoms with E-state index in [1.54, 1.807) is 36.5 Å². The minimum atomic E-state index is -3.77. The molecule has 1 aromatic heterocycles. The molecule has 1 aliphatic rings. The van der Waals surface area contributed by atoms with Gasteiger partial charge in [-0.15, -0.1) is 0 Å². The molecule has 2 atom stereocenters. The van der Waals surface area contributed by atoms with E-state index in [0.29, 0.717) is 11.6 Å². The number of nitrogens with two attached hydrogens (primary N) is 1. The van der Waals surface area contributed by atoms with Gasteiger partial charge >= 0.3 is 0 Å². The van der Waals surface area contributed by atoms with Crippen molar-refractivity contribution in [2.75, 3.05) is 5.32 Å². The van der Waals surface area contributed by atoms with Crippen molar-refractivity contribution in [3.05, 3.63) is 77.9 Å². The number of rotatable bonds is 5. The zero-order valence-corrected chi connectivity index (χ0v) is 15.0. The van der Waals surface area contributed by atoms with Crippen LogP contribution in [0.15, 0.2) is 65.7 Å². The summed E-state index contributed by atoms with van der Waals surface area (Å²) in [4.78, 5) is 8.88. The molecular weight excluding hydrogens is 367 g/mol. The van der Waals surface area contributed by atoms with E-state index in [1.165, 1.54) is 18.2 Å². The summed E-state index contributed by atoms with van der Waals surface area (Å²) in [6.45, 7) is 0. The predicted molar refractivity (Wildman–Crippen MR) is 99.6 cm³/mol. The van der Waals surface area contributed by atoms with E-state index in [-0.39, 0.29) is 22.5 Å². The third-order valence-electron chi connectivity index (χ3n) is 4.57. The number of hydrogen-bond acceptors (Lipinski definition) is 5. The molecule has 1 heterocycles. The smallest absolute Gasteiger partial charge is 0.238 e. The molecule has 6 nitrogen and oxygen atoms in total. The summed E-state index contributed by atoms with van der Waals surface area (Å²) in [6, 6.07) is 14.5. The van der Waals surface area contributed by atoms with Gasteiger partial charge in [-0.1, -0.05) is 18.2 Å². The number of aromatic nitrogens is 2. The number of primary sulfonamides is 1. The highest BCUT2D eigenvalue weighted by Gasteiger charge is 2.42. The number of nitrogens with zero attached hydrogens (tertiary/aromatic N) is 2. The van der Waals surface area contributed by atoms with Gasteiger partial charge in [0.05, 0.1) is 4.90 Å². The number of halogens is 1. The minimum Gasteiger partial charge on any atom is -0.324 e. The lowest BCUT2D eigenvalue weighted by Crippen LogP contribution is -2.14. The fraction of sp³-hybridized carbons (Fsp3) is 0.158. The van der Waals surface area contributed by atoms with Gasteiger partial charge in [0.15, 0.2) is 0 Å². The zero-order chi connectivity index (χ0) is 19.0. The molecule has 0 saturated heterocycles. The van der Waals surface area contributed by atoms with Crippen LogP contribution < -0.4 is 10.5 Å². The summed E-state index contributed by atoms with van der Waals surface area (Å²) in [5, 5.41) is 8.38. The summed E-state index contributed by atoms with van der Waals surface area (Å²) >= 11 is 0. The molecule has 2 unspecified atom stereocenters. The Morgan fingerprint density at radius 1 is 1.04 bits per heavy atom. The lowest BCUT2D eigenvalue weighted by Gasteiger charge is -2.08. The molecule has 1 aliphatic carbocycles. The Morgan fingerprint density at radius 3 is 2.52 bits per heavy atom. The number of sulfonamides is 1. The predicted octanol–water partition coefficient (Wildman–Crippen LogP) is 3.28. The fourth-order valence-corrected chi connectivity index (χ4v) is 4.03. The Morgan fingerprint density at radius 2 is 1.78 bits per heavy atom. The van der Waals surface area contributed by atoms with Crippen LogP contribution in [0.25, 0.3) is 0 Å². The van der Waals surface area contributed by atoms with E-state index in [1.807, 2.05) is 6.07 Å². The molecule has 1 fully saturated rings. The topological polar surface area (TPSA) is 98.0 Å². The average molecular weight is 384 g/mol. The molecule has 4 rings (SSSR count). The Labute approximate surface area is 156 Å². The summed E-state index contributed by atoms with van der Waals surface area (Å²) < 4.78 is 36.7.